The second-order valence-electron chi connectivity index (χ2n) is 7.06. The molecule has 5 nitrogen and oxygen atoms in total. The van der Waals surface area contributed by atoms with Crippen molar-refractivity contribution < 1.29 is 4.79 Å². The highest BCUT2D eigenvalue weighted by Crippen LogP contribution is 2.39. The maximum absolute atomic E-state index is 11.9. The molecule has 3 fully saturated rings. The SMILES string of the molecule is CCc1nsc(N2CC3CCC(NC(=O)C4CC4)CC3C2)n1. The molecule has 0 aromatic carbocycles. The summed E-state index contributed by atoms with van der Waals surface area (Å²) in [4.78, 5) is 19.0. The normalized spacial score (nSPS) is 31.1. The lowest BCUT2D eigenvalue weighted by Crippen LogP contribution is -2.41. The first kappa shape index (κ1) is 14.4. The van der Waals surface area contributed by atoms with Gasteiger partial charge in [-0.25, -0.2) is 4.98 Å². The number of rotatable bonds is 4. The van der Waals surface area contributed by atoms with E-state index in [1.165, 1.54) is 18.0 Å². The van der Waals surface area contributed by atoms with Gasteiger partial charge in [-0.05, 0) is 43.9 Å². The summed E-state index contributed by atoms with van der Waals surface area (Å²) in [5.74, 6) is 3.06. The van der Waals surface area contributed by atoms with Crippen molar-refractivity contribution >= 4 is 22.6 Å². The van der Waals surface area contributed by atoms with Gasteiger partial charge in [0, 0.05) is 43.0 Å². The Bertz CT molecular complexity index is 556. The largest absolute Gasteiger partial charge is 0.353 e. The number of fused-ring (bicyclic) bond motifs is 1. The number of nitrogens with zero attached hydrogens (tertiary/aromatic N) is 3. The second-order valence-corrected chi connectivity index (χ2v) is 7.80. The third kappa shape index (κ3) is 2.85. The molecule has 0 spiro atoms. The van der Waals surface area contributed by atoms with E-state index in [-0.39, 0.29) is 0 Å². The molecule has 2 saturated carbocycles. The molecule has 1 N–H and O–H groups in total. The molecule has 1 aliphatic heterocycles. The van der Waals surface area contributed by atoms with Gasteiger partial charge >= 0.3 is 0 Å². The summed E-state index contributed by atoms with van der Waals surface area (Å²) < 4.78 is 4.41. The summed E-state index contributed by atoms with van der Waals surface area (Å²) in [5.41, 5.74) is 0. The maximum Gasteiger partial charge on any atom is 0.223 e. The summed E-state index contributed by atoms with van der Waals surface area (Å²) in [6.07, 6.45) is 6.61. The van der Waals surface area contributed by atoms with Crippen molar-refractivity contribution in [3.8, 4) is 0 Å². The van der Waals surface area contributed by atoms with E-state index in [2.05, 4.69) is 26.5 Å². The van der Waals surface area contributed by atoms with E-state index in [4.69, 9.17) is 0 Å². The van der Waals surface area contributed by atoms with Crippen LogP contribution >= 0.6 is 11.5 Å². The molecule has 22 heavy (non-hydrogen) atoms. The highest BCUT2D eigenvalue weighted by molar-refractivity contribution is 7.09. The smallest absolute Gasteiger partial charge is 0.223 e. The number of hydrogen-bond donors (Lipinski definition) is 1. The fourth-order valence-corrected chi connectivity index (χ4v) is 4.67. The van der Waals surface area contributed by atoms with Gasteiger partial charge in [0.15, 0.2) is 0 Å². The minimum absolute atomic E-state index is 0.301. The van der Waals surface area contributed by atoms with Crippen LogP contribution in [0.2, 0.25) is 0 Å². The molecular formula is C16H24N4OS. The van der Waals surface area contributed by atoms with Crippen LogP contribution in [0, 0.1) is 17.8 Å². The molecule has 1 saturated heterocycles. The lowest BCUT2D eigenvalue weighted by atomic mass is 9.79. The molecule has 4 rings (SSSR count). The number of aromatic nitrogens is 2. The molecule has 6 heteroatoms. The van der Waals surface area contributed by atoms with Crippen LogP contribution in [0.4, 0.5) is 5.13 Å². The van der Waals surface area contributed by atoms with Crippen molar-refractivity contribution in [2.24, 2.45) is 17.8 Å². The molecule has 0 bridgehead atoms. The van der Waals surface area contributed by atoms with E-state index in [0.29, 0.717) is 23.8 Å². The Morgan fingerprint density at radius 1 is 1.27 bits per heavy atom. The van der Waals surface area contributed by atoms with Crippen LogP contribution < -0.4 is 10.2 Å². The lowest BCUT2D eigenvalue weighted by Gasteiger charge is -2.31. The number of amides is 1. The van der Waals surface area contributed by atoms with Crippen molar-refractivity contribution in [1.29, 1.82) is 0 Å². The van der Waals surface area contributed by atoms with Gasteiger partial charge in [-0.1, -0.05) is 6.92 Å². The Labute approximate surface area is 135 Å². The third-order valence-electron chi connectivity index (χ3n) is 5.39. The molecule has 0 radical (unpaired) electrons. The van der Waals surface area contributed by atoms with Gasteiger partial charge in [-0.3, -0.25) is 4.79 Å². The van der Waals surface area contributed by atoms with E-state index in [0.717, 1.165) is 62.1 Å². The first-order valence-electron chi connectivity index (χ1n) is 8.61. The summed E-state index contributed by atoms with van der Waals surface area (Å²) >= 11 is 1.54. The van der Waals surface area contributed by atoms with Gasteiger partial charge in [0.25, 0.3) is 0 Å². The second kappa shape index (κ2) is 5.80. The quantitative estimate of drug-likeness (QED) is 0.924. The number of hydrogen-bond acceptors (Lipinski definition) is 5. The van der Waals surface area contributed by atoms with Gasteiger partial charge < -0.3 is 10.2 Å². The molecule has 3 atom stereocenters. The minimum Gasteiger partial charge on any atom is -0.353 e. The highest BCUT2D eigenvalue weighted by Gasteiger charge is 2.40. The van der Waals surface area contributed by atoms with Crippen LogP contribution in [0.5, 0.6) is 0 Å². The Morgan fingerprint density at radius 3 is 2.82 bits per heavy atom. The fraction of sp³-hybridized carbons (Fsp3) is 0.812. The number of carbonyl (C=O) groups excluding carboxylic acids is 1. The van der Waals surface area contributed by atoms with Crippen molar-refractivity contribution in [2.75, 3.05) is 18.0 Å². The standard InChI is InChI=1S/C16H24N4OS/c1-2-14-18-16(22-19-14)20-8-11-5-6-13(7-12(11)9-20)17-15(21)10-3-4-10/h10-13H,2-9H2,1H3,(H,17,21). The topological polar surface area (TPSA) is 58.1 Å². The number of aryl methyl sites for hydroxylation is 1. The van der Waals surface area contributed by atoms with Crippen LogP contribution in [0.15, 0.2) is 0 Å². The summed E-state index contributed by atoms with van der Waals surface area (Å²) in [6.45, 7) is 4.30. The first-order valence-corrected chi connectivity index (χ1v) is 9.38. The molecule has 3 unspecified atom stereocenters. The Hall–Kier alpha value is -1.17. The molecule has 1 amide bonds. The average molecular weight is 320 g/mol. The first-order chi connectivity index (χ1) is 10.7. The van der Waals surface area contributed by atoms with Crippen molar-refractivity contribution in [3.63, 3.8) is 0 Å². The van der Waals surface area contributed by atoms with Crippen LogP contribution in [0.1, 0.15) is 44.9 Å². The zero-order valence-electron chi connectivity index (χ0n) is 13.1. The predicted octanol–water partition coefficient (Wildman–Crippen LogP) is 2.23. The third-order valence-corrected chi connectivity index (χ3v) is 6.20. The summed E-state index contributed by atoms with van der Waals surface area (Å²) in [6, 6.07) is 0.398. The molecule has 1 aromatic rings. The van der Waals surface area contributed by atoms with E-state index in [9.17, 15) is 4.79 Å². The minimum atomic E-state index is 0.301. The van der Waals surface area contributed by atoms with E-state index < -0.39 is 0 Å². The van der Waals surface area contributed by atoms with Crippen molar-refractivity contribution in [3.05, 3.63) is 5.82 Å². The van der Waals surface area contributed by atoms with Crippen LogP contribution in [0.25, 0.3) is 0 Å². The van der Waals surface area contributed by atoms with Gasteiger partial charge in [-0.2, -0.15) is 4.37 Å². The summed E-state index contributed by atoms with van der Waals surface area (Å²) in [5, 5.41) is 4.37. The number of anilines is 1. The molecule has 2 aliphatic carbocycles. The van der Waals surface area contributed by atoms with Gasteiger partial charge in [0.1, 0.15) is 5.82 Å². The fourth-order valence-electron chi connectivity index (χ4n) is 3.90. The van der Waals surface area contributed by atoms with Crippen molar-refractivity contribution in [2.45, 2.75) is 51.5 Å². The van der Waals surface area contributed by atoms with Gasteiger partial charge in [-0.15, -0.1) is 0 Å². The highest BCUT2D eigenvalue weighted by atomic mass is 32.1. The number of carbonyl (C=O) groups is 1. The van der Waals surface area contributed by atoms with Crippen LogP contribution in [-0.2, 0) is 11.2 Å². The molecular weight excluding hydrogens is 296 g/mol. The predicted molar refractivity (Wildman–Crippen MR) is 87.0 cm³/mol. The van der Waals surface area contributed by atoms with E-state index >= 15 is 0 Å². The zero-order valence-corrected chi connectivity index (χ0v) is 13.9. The van der Waals surface area contributed by atoms with Crippen LogP contribution in [0.3, 0.4) is 0 Å². The average Bonchev–Trinajstić information content (AvgIpc) is 3.11. The summed E-state index contributed by atoms with van der Waals surface area (Å²) in [7, 11) is 0. The Balaban J connectivity index is 1.35. The molecule has 3 aliphatic rings. The Morgan fingerprint density at radius 2 is 2.09 bits per heavy atom. The van der Waals surface area contributed by atoms with Crippen molar-refractivity contribution in [1.82, 2.24) is 14.7 Å². The molecule has 2 heterocycles. The zero-order chi connectivity index (χ0) is 15.1. The lowest BCUT2D eigenvalue weighted by molar-refractivity contribution is -0.123. The Kier molecular flexibility index (Phi) is 3.80. The van der Waals surface area contributed by atoms with E-state index in [1.807, 2.05) is 0 Å². The van der Waals surface area contributed by atoms with Crippen LogP contribution in [-0.4, -0.2) is 34.4 Å². The molecule has 120 valence electrons. The van der Waals surface area contributed by atoms with E-state index in [1.54, 1.807) is 0 Å². The molecule has 1 aromatic heterocycles. The van der Waals surface area contributed by atoms with Gasteiger partial charge in [0.05, 0.1) is 0 Å². The van der Waals surface area contributed by atoms with Gasteiger partial charge in [0.2, 0.25) is 11.0 Å². The maximum atomic E-state index is 11.9. The monoisotopic (exact) mass is 320 g/mol. The number of nitrogens with one attached hydrogen (secondary N) is 1.